The lowest BCUT2D eigenvalue weighted by Gasteiger charge is -2.13. The Hall–Kier alpha value is -2.39. The number of aromatic nitrogens is 1. The van der Waals surface area contributed by atoms with Crippen molar-refractivity contribution in [3.05, 3.63) is 76.4 Å². The first-order chi connectivity index (χ1) is 11.2. The Balaban J connectivity index is 1.66. The standard InChI is InChI=1S/C19H16ClN3/c1-12-7-8-14-10-15(19(20)21-16(14)9-12)18-11-17(22-23-18)13-5-3-2-4-6-13/h2-10,18,23H,11H2,1H3/t18-/m1/s1. The second-order valence-electron chi connectivity index (χ2n) is 5.87. The van der Waals surface area contributed by atoms with Crippen molar-refractivity contribution in [1.82, 2.24) is 10.4 Å². The molecule has 0 fully saturated rings. The highest BCUT2D eigenvalue weighted by Gasteiger charge is 2.24. The van der Waals surface area contributed by atoms with Crippen molar-refractivity contribution in [3.63, 3.8) is 0 Å². The highest BCUT2D eigenvalue weighted by molar-refractivity contribution is 6.30. The molecule has 0 unspecified atom stereocenters. The van der Waals surface area contributed by atoms with Crippen molar-refractivity contribution in [3.8, 4) is 0 Å². The fourth-order valence-corrected chi connectivity index (χ4v) is 3.22. The van der Waals surface area contributed by atoms with E-state index in [-0.39, 0.29) is 6.04 Å². The number of benzene rings is 2. The van der Waals surface area contributed by atoms with E-state index >= 15 is 0 Å². The van der Waals surface area contributed by atoms with Gasteiger partial charge in [0.1, 0.15) is 5.15 Å². The lowest BCUT2D eigenvalue weighted by molar-refractivity contribution is 0.619. The zero-order valence-electron chi connectivity index (χ0n) is 12.8. The minimum absolute atomic E-state index is 0.0657. The van der Waals surface area contributed by atoms with Gasteiger partial charge < -0.3 is 5.43 Å². The molecule has 2 aromatic carbocycles. The summed E-state index contributed by atoms with van der Waals surface area (Å²) in [6, 6.07) is 18.6. The molecule has 0 spiro atoms. The zero-order chi connectivity index (χ0) is 15.8. The fraction of sp³-hybridized carbons (Fsp3) is 0.158. The van der Waals surface area contributed by atoms with E-state index in [0.29, 0.717) is 5.15 Å². The van der Waals surface area contributed by atoms with Crippen LogP contribution < -0.4 is 5.43 Å². The van der Waals surface area contributed by atoms with Gasteiger partial charge in [0.05, 0.1) is 17.3 Å². The SMILES string of the molecule is Cc1ccc2cc([C@H]3CC(c4ccccc4)=NN3)c(Cl)nc2c1. The molecule has 0 amide bonds. The van der Waals surface area contributed by atoms with Crippen LogP contribution in [0.1, 0.15) is 29.2 Å². The zero-order valence-corrected chi connectivity index (χ0v) is 13.5. The predicted molar refractivity (Wildman–Crippen MR) is 95.0 cm³/mol. The monoisotopic (exact) mass is 321 g/mol. The molecule has 4 heteroatoms. The number of nitrogens with zero attached hydrogens (tertiary/aromatic N) is 2. The maximum absolute atomic E-state index is 6.43. The first-order valence-electron chi connectivity index (χ1n) is 7.65. The minimum atomic E-state index is 0.0657. The van der Waals surface area contributed by atoms with Crippen LogP contribution in [0.3, 0.4) is 0 Å². The van der Waals surface area contributed by atoms with Gasteiger partial charge in [0.15, 0.2) is 0 Å². The molecule has 114 valence electrons. The molecule has 4 rings (SSSR count). The van der Waals surface area contributed by atoms with Crippen molar-refractivity contribution in [2.45, 2.75) is 19.4 Å². The molecule has 2 heterocycles. The lowest BCUT2D eigenvalue weighted by Crippen LogP contribution is -2.11. The number of halogens is 1. The maximum atomic E-state index is 6.43. The van der Waals surface area contributed by atoms with E-state index in [9.17, 15) is 0 Å². The van der Waals surface area contributed by atoms with Crippen molar-refractivity contribution >= 4 is 28.2 Å². The van der Waals surface area contributed by atoms with Crippen molar-refractivity contribution < 1.29 is 0 Å². The molecule has 0 aliphatic carbocycles. The van der Waals surface area contributed by atoms with Gasteiger partial charge in [-0.2, -0.15) is 5.10 Å². The number of hydrogen-bond donors (Lipinski definition) is 1. The fourth-order valence-electron chi connectivity index (χ4n) is 2.95. The van der Waals surface area contributed by atoms with Gasteiger partial charge in [0.2, 0.25) is 0 Å². The maximum Gasteiger partial charge on any atom is 0.135 e. The molecule has 23 heavy (non-hydrogen) atoms. The molecule has 1 N–H and O–H groups in total. The first kappa shape index (κ1) is 14.2. The predicted octanol–water partition coefficient (Wildman–Crippen LogP) is 4.64. The summed E-state index contributed by atoms with van der Waals surface area (Å²) in [5, 5.41) is 6.13. The summed E-state index contributed by atoms with van der Waals surface area (Å²) in [6.45, 7) is 2.06. The lowest BCUT2D eigenvalue weighted by atomic mass is 9.99. The summed E-state index contributed by atoms with van der Waals surface area (Å²) in [6.07, 6.45) is 0.808. The van der Waals surface area contributed by atoms with Gasteiger partial charge in [0.25, 0.3) is 0 Å². The van der Waals surface area contributed by atoms with Crippen LogP contribution in [0, 0.1) is 6.92 Å². The number of rotatable bonds is 2. The highest BCUT2D eigenvalue weighted by Crippen LogP contribution is 2.31. The second-order valence-corrected chi connectivity index (χ2v) is 6.23. The Morgan fingerprint density at radius 3 is 2.74 bits per heavy atom. The van der Waals surface area contributed by atoms with Gasteiger partial charge in [-0.15, -0.1) is 0 Å². The summed E-state index contributed by atoms with van der Waals surface area (Å²) in [4.78, 5) is 4.55. The Labute approximate surface area is 140 Å². The molecular formula is C19H16ClN3. The van der Waals surface area contributed by atoms with E-state index in [2.05, 4.69) is 58.8 Å². The molecular weight excluding hydrogens is 306 g/mol. The molecule has 3 nitrogen and oxygen atoms in total. The Morgan fingerprint density at radius 1 is 1.09 bits per heavy atom. The number of aryl methyl sites for hydroxylation is 1. The van der Waals surface area contributed by atoms with Gasteiger partial charge in [-0.1, -0.05) is 54.1 Å². The molecule has 0 saturated carbocycles. The van der Waals surface area contributed by atoms with Crippen LogP contribution in [0.2, 0.25) is 5.15 Å². The Kier molecular flexibility index (Phi) is 3.50. The van der Waals surface area contributed by atoms with E-state index in [1.807, 2.05) is 18.2 Å². The van der Waals surface area contributed by atoms with Gasteiger partial charge in [-0.3, -0.25) is 0 Å². The van der Waals surface area contributed by atoms with E-state index < -0.39 is 0 Å². The van der Waals surface area contributed by atoms with Crippen LogP contribution in [0.4, 0.5) is 0 Å². The van der Waals surface area contributed by atoms with Crippen LogP contribution in [0.25, 0.3) is 10.9 Å². The molecule has 0 saturated heterocycles. The molecule has 1 aliphatic heterocycles. The summed E-state index contributed by atoms with van der Waals surface area (Å²) in [5.74, 6) is 0. The topological polar surface area (TPSA) is 37.3 Å². The van der Waals surface area contributed by atoms with E-state index in [1.54, 1.807) is 0 Å². The van der Waals surface area contributed by atoms with Crippen LogP contribution in [-0.2, 0) is 0 Å². The summed E-state index contributed by atoms with van der Waals surface area (Å²) in [5.41, 5.74) is 8.51. The van der Waals surface area contributed by atoms with Crippen molar-refractivity contribution in [1.29, 1.82) is 0 Å². The minimum Gasteiger partial charge on any atom is -0.302 e. The smallest absolute Gasteiger partial charge is 0.135 e. The molecule has 1 atom stereocenters. The average Bonchev–Trinajstić information content (AvgIpc) is 3.05. The van der Waals surface area contributed by atoms with E-state index in [1.165, 1.54) is 5.56 Å². The number of hydrogen-bond acceptors (Lipinski definition) is 3. The second kappa shape index (κ2) is 5.67. The summed E-state index contributed by atoms with van der Waals surface area (Å²) >= 11 is 6.43. The average molecular weight is 322 g/mol. The highest BCUT2D eigenvalue weighted by atomic mass is 35.5. The van der Waals surface area contributed by atoms with Gasteiger partial charge in [-0.05, 0) is 30.2 Å². The molecule has 1 aromatic heterocycles. The number of pyridine rings is 1. The van der Waals surface area contributed by atoms with E-state index in [0.717, 1.165) is 34.2 Å². The number of nitrogens with one attached hydrogen (secondary N) is 1. The quantitative estimate of drug-likeness (QED) is 0.698. The van der Waals surface area contributed by atoms with Crippen LogP contribution in [0.15, 0.2) is 59.7 Å². The van der Waals surface area contributed by atoms with Crippen molar-refractivity contribution in [2.24, 2.45) is 5.10 Å². The Morgan fingerprint density at radius 2 is 1.91 bits per heavy atom. The summed E-state index contributed by atoms with van der Waals surface area (Å²) in [7, 11) is 0. The number of fused-ring (bicyclic) bond motifs is 1. The third kappa shape index (κ3) is 2.68. The molecule has 0 radical (unpaired) electrons. The summed E-state index contributed by atoms with van der Waals surface area (Å²) < 4.78 is 0. The first-order valence-corrected chi connectivity index (χ1v) is 8.03. The van der Waals surface area contributed by atoms with E-state index in [4.69, 9.17) is 11.6 Å². The molecule has 1 aliphatic rings. The van der Waals surface area contributed by atoms with Gasteiger partial charge in [0, 0.05) is 17.4 Å². The molecule has 3 aromatic rings. The van der Waals surface area contributed by atoms with Gasteiger partial charge in [-0.25, -0.2) is 4.98 Å². The van der Waals surface area contributed by atoms with Crippen LogP contribution in [-0.4, -0.2) is 10.7 Å². The normalized spacial score (nSPS) is 17.1. The van der Waals surface area contributed by atoms with Crippen molar-refractivity contribution in [2.75, 3.05) is 0 Å². The molecule has 0 bridgehead atoms. The van der Waals surface area contributed by atoms with Gasteiger partial charge >= 0.3 is 0 Å². The Bertz CT molecular complexity index is 903. The van der Waals surface area contributed by atoms with Crippen LogP contribution >= 0.6 is 11.6 Å². The van der Waals surface area contributed by atoms with Crippen LogP contribution in [0.5, 0.6) is 0 Å². The third-order valence-corrected chi connectivity index (χ3v) is 4.49. The largest absolute Gasteiger partial charge is 0.302 e. The third-order valence-electron chi connectivity index (χ3n) is 4.19. The number of hydrazone groups is 1.